The van der Waals surface area contributed by atoms with Gasteiger partial charge in [0, 0.05) is 12.0 Å². The molecule has 1 aliphatic rings. The predicted molar refractivity (Wildman–Crippen MR) is 205 cm³/mol. The Kier molecular flexibility index (Phi) is 13.3. The van der Waals surface area contributed by atoms with Gasteiger partial charge in [-0.2, -0.15) is 0 Å². The average molecular weight is 668 g/mol. The number of hydrogen-bond acceptors (Lipinski definition) is 3. The maximum atomic E-state index is 14.1. The molecule has 48 heavy (non-hydrogen) atoms. The van der Waals surface area contributed by atoms with Crippen LogP contribution in [0.1, 0.15) is 117 Å². The Hall–Kier alpha value is -3.15. The van der Waals surface area contributed by atoms with Crippen molar-refractivity contribution in [1.82, 2.24) is 4.90 Å². The molecule has 0 bridgehead atoms. The Morgan fingerprint density at radius 1 is 0.833 bits per heavy atom. The summed E-state index contributed by atoms with van der Waals surface area (Å²) in [5.74, 6) is 0.115. The molecule has 0 aromatic heterocycles. The number of carbonyl (C=O) groups excluding carboxylic acids is 1. The molecule has 1 saturated heterocycles. The van der Waals surface area contributed by atoms with E-state index in [4.69, 9.17) is 9.16 Å². The molecule has 3 atom stereocenters. The van der Waals surface area contributed by atoms with Crippen molar-refractivity contribution in [1.29, 1.82) is 0 Å². The Balaban J connectivity index is 1.71. The molecule has 1 aliphatic heterocycles. The first-order valence-electron chi connectivity index (χ1n) is 18.4. The van der Waals surface area contributed by atoms with E-state index >= 15 is 0 Å². The molecule has 0 spiro atoms. The second kappa shape index (κ2) is 17.0. The summed E-state index contributed by atoms with van der Waals surface area (Å²) < 4.78 is 13.6. The lowest BCUT2D eigenvalue weighted by atomic mass is 9.89. The van der Waals surface area contributed by atoms with E-state index in [0.717, 1.165) is 12.8 Å². The van der Waals surface area contributed by atoms with Crippen LogP contribution in [-0.2, 0) is 15.6 Å². The highest BCUT2D eigenvalue weighted by Crippen LogP contribution is 2.43. The molecular formula is C43H61NO3Si. The van der Waals surface area contributed by atoms with Gasteiger partial charge in [-0.1, -0.05) is 151 Å². The van der Waals surface area contributed by atoms with Crippen LogP contribution in [0.2, 0.25) is 5.04 Å². The van der Waals surface area contributed by atoms with Crippen molar-refractivity contribution in [2.75, 3.05) is 6.61 Å². The molecule has 0 saturated carbocycles. The molecule has 0 N–H and O–H groups in total. The molecule has 1 amide bonds. The molecule has 0 radical (unpaired) electrons. The summed E-state index contributed by atoms with van der Waals surface area (Å²) in [6, 6.07) is 30.5. The number of unbranched alkanes of at least 4 members (excludes halogenated alkanes) is 5. The molecular weight excluding hydrogens is 607 g/mol. The van der Waals surface area contributed by atoms with E-state index in [9.17, 15) is 4.79 Å². The van der Waals surface area contributed by atoms with E-state index in [-0.39, 0.29) is 29.1 Å². The van der Waals surface area contributed by atoms with Crippen molar-refractivity contribution < 1.29 is 14.0 Å². The van der Waals surface area contributed by atoms with Crippen LogP contribution in [0.15, 0.2) is 97.6 Å². The van der Waals surface area contributed by atoms with Crippen molar-refractivity contribution >= 4 is 24.8 Å². The van der Waals surface area contributed by atoms with E-state index in [1.54, 1.807) is 0 Å². The van der Waals surface area contributed by atoms with Crippen LogP contribution in [-0.4, -0.2) is 43.6 Å². The van der Waals surface area contributed by atoms with Gasteiger partial charge < -0.3 is 9.16 Å². The van der Waals surface area contributed by atoms with Gasteiger partial charge in [0.05, 0.1) is 12.6 Å². The third-order valence-electron chi connectivity index (χ3n) is 9.90. The number of rotatable bonds is 15. The molecule has 260 valence electrons. The van der Waals surface area contributed by atoms with Crippen molar-refractivity contribution in [3.8, 4) is 0 Å². The summed E-state index contributed by atoms with van der Waals surface area (Å²) in [6.07, 6.45) is 12.1. The molecule has 1 heterocycles. The maximum Gasteiger partial charge on any atom is 0.410 e. The van der Waals surface area contributed by atoms with Crippen LogP contribution in [0.5, 0.6) is 0 Å². The Labute approximate surface area is 293 Å². The molecule has 5 heteroatoms. The minimum atomic E-state index is -2.83. The average Bonchev–Trinajstić information content (AvgIpc) is 3.41. The smallest absolute Gasteiger partial charge is 0.410 e. The number of likely N-dealkylation sites (tertiary alicyclic amines) is 1. The van der Waals surface area contributed by atoms with E-state index in [1.807, 2.05) is 31.7 Å². The highest BCUT2D eigenvalue weighted by Gasteiger charge is 2.53. The number of ether oxygens (including phenoxy) is 1. The molecule has 4 nitrogen and oxygen atoms in total. The third-order valence-corrected chi connectivity index (χ3v) is 14.9. The fourth-order valence-electron chi connectivity index (χ4n) is 7.60. The lowest BCUT2D eigenvalue weighted by Crippen LogP contribution is -2.67. The van der Waals surface area contributed by atoms with Gasteiger partial charge in [-0.25, -0.2) is 4.79 Å². The van der Waals surface area contributed by atoms with Gasteiger partial charge in [0.1, 0.15) is 5.60 Å². The van der Waals surface area contributed by atoms with Crippen LogP contribution >= 0.6 is 0 Å². The zero-order valence-corrected chi connectivity index (χ0v) is 31.8. The number of nitrogens with zero attached hydrogens (tertiary/aromatic N) is 1. The number of amides is 1. The molecule has 3 aromatic rings. The highest BCUT2D eigenvalue weighted by molar-refractivity contribution is 6.99. The van der Waals surface area contributed by atoms with Gasteiger partial charge in [-0.3, -0.25) is 4.90 Å². The van der Waals surface area contributed by atoms with E-state index in [0.29, 0.717) is 13.0 Å². The normalized spacial score (nSPS) is 18.6. The minimum absolute atomic E-state index is 0.0158. The second-order valence-corrected chi connectivity index (χ2v) is 20.0. The van der Waals surface area contributed by atoms with Crippen LogP contribution in [0, 0.1) is 0 Å². The van der Waals surface area contributed by atoms with Crippen molar-refractivity contribution in [2.24, 2.45) is 0 Å². The fraction of sp³-hybridized carbons (Fsp3) is 0.512. The maximum absolute atomic E-state index is 14.1. The van der Waals surface area contributed by atoms with Gasteiger partial charge in [0.25, 0.3) is 8.32 Å². The van der Waals surface area contributed by atoms with Crippen LogP contribution in [0.4, 0.5) is 4.79 Å². The number of benzene rings is 3. The number of hydrogen-bond donors (Lipinski definition) is 0. The third kappa shape index (κ3) is 9.29. The summed E-state index contributed by atoms with van der Waals surface area (Å²) in [5, 5.41) is 2.31. The predicted octanol–water partition coefficient (Wildman–Crippen LogP) is 10.2. The molecule has 1 fully saturated rings. The fourth-order valence-corrected chi connectivity index (χ4v) is 12.2. The minimum Gasteiger partial charge on any atom is -0.444 e. The van der Waals surface area contributed by atoms with Crippen molar-refractivity contribution in [2.45, 2.75) is 135 Å². The molecule has 3 aromatic carbocycles. The van der Waals surface area contributed by atoms with Crippen LogP contribution in [0.3, 0.4) is 0 Å². The SMILES string of the molecule is C=CC[C@H]1C[C@H](c2ccc(CCCCCCCC)cc2)[C@@H](CO[Si](c2ccccc2)(c2ccccc2)C(C)(C)C)N1C(=O)OC(C)(C)C. The first kappa shape index (κ1) is 37.7. The summed E-state index contributed by atoms with van der Waals surface area (Å²) in [4.78, 5) is 16.1. The zero-order chi connectivity index (χ0) is 34.8. The van der Waals surface area contributed by atoms with Crippen LogP contribution < -0.4 is 10.4 Å². The number of aryl methyl sites for hydroxylation is 1. The summed E-state index contributed by atoms with van der Waals surface area (Å²) in [7, 11) is -2.83. The van der Waals surface area contributed by atoms with Gasteiger partial charge in [0.15, 0.2) is 0 Å². The summed E-state index contributed by atoms with van der Waals surface area (Å²) in [6.45, 7) is 19.5. The first-order valence-corrected chi connectivity index (χ1v) is 20.3. The van der Waals surface area contributed by atoms with Gasteiger partial charge >= 0.3 is 6.09 Å². The lowest BCUT2D eigenvalue weighted by molar-refractivity contribution is 0.00916. The van der Waals surface area contributed by atoms with E-state index in [1.165, 1.54) is 60.0 Å². The summed E-state index contributed by atoms with van der Waals surface area (Å²) in [5.41, 5.74) is 2.05. The largest absolute Gasteiger partial charge is 0.444 e. The zero-order valence-electron chi connectivity index (χ0n) is 30.8. The van der Waals surface area contributed by atoms with Crippen molar-refractivity contribution in [3.63, 3.8) is 0 Å². The van der Waals surface area contributed by atoms with Crippen LogP contribution in [0.25, 0.3) is 0 Å². The molecule has 0 aliphatic carbocycles. The van der Waals surface area contributed by atoms with Gasteiger partial charge in [-0.05, 0) is 73.0 Å². The monoisotopic (exact) mass is 667 g/mol. The van der Waals surface area contributed by atoms with Gasteiger partial charge in [0.2, 0.25) is 0 Å². The Bertz CT molecular complexity index is 1370. The first-order chi connectivity index (χ1) is 22.9. The van der Waals surface area contributed by atoms with Gasteiger partial charge in [-0.15, -0.1) is 6.58 Å². The topological polar surface area (TPSA) is 38.8 Å². The highest BCUT2D eigenvalue weighted by atomic mass is 28.4. The standard InChI is InChI=1S/C43H61NO3Si/c1-9-11-12-13-14-17-23-34-28-30-35(31-29-34)39-32-36(22-10-2)44(41(45)47-42(3,4)5)40(39)33-46-48(43(6,7)8,37-24-18-15-19-25-37)38-26-20-16-21-27-38/h10,15-16,18-21,24-31,36,39-40H,2,9,11-14,17,22-23,32-33H2,1,3-8H3/t36-,39+,40+/m0/s1. The van der Waals surface area contributed by atoms with E-state index in [2.05, 4.69) is 119 Å². The van der Waals surface area contributed by atoms with E-state index < -0.39 is 13.9 Å². The Morgan fingerprint density at radius 2 is 1.40 bits per heavy atom. The number of carbonyl (C=O) groups is 1. The quantitative estimate of drug-likeness (QED) is 0.0920. The molecule has 0 unspecified atom stereocenters. The lowest BCUT2D eigenvalue weighted by Gasteiger charge is -2.44. The molecule has 4 rings (SSSR count). The second-order valence-electron chi connectivity index (χ2n) is 15.7. The Morgan fingerprint density at radius 3 is 1.92 bits per heavy atom. The van der Waals surface area contributed by atoms with Crippen molar-refractivity contribution in [3.05, 3.63) is 109 Å². The summed E-state index contributed by atoms with van der Waals surface area (Å²) >= 11 is 0.